The Labute approximate surface area is 224 Å². The number of hydrogen-bond donors (Lipinski definition) is 3. The number of benzene rings is 3. The van der Waals surface area contributed by atoms with E-state index < -0.39 is 41.9 Å². The molecule has 196 valence electrons. The van der Waals surface area contributed by atoms with Gasteiger partial charge in [-0.05, 0) is 43.2 Å². The highest BCUT2D eigenvalue weighted by atomic mass is 16.4. The number of imide groups is 1. The van der Waals surface area contributed by atoms with Gasteiger partial charge in [0.2, 0.25) is 0 Å². The number of anilines is 1. The lowest BCUT2D eigenvalue weighted by atomic mass is 9.88. The molecule has 0 saturated carbocycles. The van der Waals surface area contributed by atoms with Crippen LogP contribution < -0.4 is 10.2 Å². The van der Waals surface area contributed by atoms with Gasteiger partial charge in [-0.3, -0.25) is 19.3 Å². The van der Waals surface area contributed by atoms with Gasteiger partial charge in [-0.2, -0.15) is 0 Å². The molecule has 4 amide bonds. The normalized spacial score (nSPS) is 19.1. The van der Waals surface area contributed by atoms with E-state index in [2.05, 4.69) is 10.3 Å². The van der Waals surface area contributed by atoms with Crippen molar-refractivity contribution in [1.82, 2.24) is 15.2 Å². The molecule has 3 aromatic carbocycles. The van der Waals surface area contributed by atoms with Gasteiger partial charge in [0.1, 0.15) is 18.1 Å². The zero-order valence-corrected chi connectivity index (χ0v) is 21.3. The standard InChI is InChI=1S/C30H26N4O5/c1-16-11-13-18(14-12-16)26-25-21(19-7-3-5-9-22(19)32-25)15-24-28(36)34(30(39)33(24)26)23-10-6-4-8-20(23)27(35)31-17(2)29(37)38/h3-14,17,24,26,32H,15H2,1-2H3,(H,31,35)(H,37,38)/t17-,24-,26-/m0/s1. The van der Waals surface area contributed by atoms with Crippen molar-refractivity contribution >= 4 is 40.4 Å². The Morgan fingerprint density at radius 2 is 1.69 bits per heavy atom. The van der Waals surface area contributed by atoms with E-state index in [1.807, 2.05) is 55.5 Å². The second kappa shape index (κ2) is 9.13. The highest BCUT2D eigenvalue weighted by Gasteiger charge is 2.53. The number of amides is 4. The molecule has 0 radical (unpaired) electrons. The third kappa shape index (κ3) is 3.85. The molecule has 3 heterocycles. The van der Waals surface area contributed by atoms with Crippen LogP contribution in [-0.4, -0.2) is 50.9 Å². The predicted molar refractivity (Wildman–Crippen MR) is 145 cm³/mol. The van der Waals surface area contributed by atoms with E-state index in [1.165, 1.54) is 19.1 Å². The van der Waals surface area contributed by atoms with Gasteiger partial charge < -0.3 is 15.4 Å². The minimum absolute atomic E-state index is 0.0444. The molecule has 0 bridgehead atoms. The summed E-state index contributed by atoms with van der Waals surface area (Å²) in [6.07, 6.45) is 0.327. The van der Waals surface area contributed by atoms with Crippen LogP contribution in [0.3, 0.4) is 0 Å². The first-order chi connectivity index (χ1) is 18.8. The molecule has 0 unspecified atom stereocenters. The summed E-state index contributed by atoms with van der Waals surface area (Å²) in [6.45, 7) is 3.33. The Morgan fingerprint density at radius 1 is 1.00 bits per heavy atom. The number of urea groups is 1. The van der Waals surface area contributed by atoms with Gasteiger partial charge in [-0.25, -0.2) is 9.69 Å². The number of hydrogen-bond acceptors (Lipinski definition) is 4. The van der Waals surface area contributed by atoms with Crippen LogP contribution in [0.15, 0.2) is 72.8 Å². The summed E-state index contributed by atoms with van der Waals surface area (Å²) in [7, 11) is 0. The zero-order valence-electron chi connectivity index (χ0n) is 21.3. The van der Waals surface area contributed by atoms with E-state index in [4.69, 9.17) is 0 Å². The van der Waals surface area contributed by atoms with Gasteiger partial charge in [-0.15, -0.1) is 0 Å². The van der Waals surface area contributed by atoms with Crippen LogP contribution in [0.2, 0.25) is 0 Å². The number of rotatable bonds is 5. The average Bonchev–Trinajstić information content (AvgIpc) is 3.42. The van der Waals surface area contributed by atoms with Crippen molar-refractivity contribution in [1.29, 1.82) is 0 Å². The SMILES string of the molecule is Cc1ccc([C@H]2c3[nH]c4ccccc4c3C[C@H]3C(=O)N(c4ccccc4C(=O)N[C@@H](C)C(=O)O)C(=O)N23)cc1. The molecule has 0 aliphatic carbocycles. The van der Waals surface area contributed by atoms with Crippen molar-refractivity contribution in [2.24, 2.45) is 0 Å². The third-order valence-corrected chi connectivity index (χ3v) is 7.55. The number of aromatic nitrogens is 1. The minimum atomic E-state index is -1.19. The molecule has 1 saturated heterocycles. The fourth-order valence-corrected chi connectivity index (χ4v) is 5.59. The highest BCUT2D eigenvalue weighted by Crippen LogP contribution is 2.45. The van der Waals surface area contributed by atoms with E-state index in [0.29, 0.717) is 6.42 Å². The first-order valence-corrected chi connectivity index (χ1v) is 12.7. The summed E-state index contributed by atoms with van der Waals surface area (Å²) in [5.74, 6) is -2.31. The van der Waals surface area contributed by atoms with Crippen LogP contribution in [0.4, 0.5) is 10.5 Å². The van der Waals surface area contributed by atoms with E-state index in [0.717, 1.165) is 38.2 Å². The van der Waals surface area contributed by atoms with Crippen LogP contribution in [0.1, 0.15) is 45.7 Å². The molecule has 2 aliphatic heterocycles. The Balaban J connectivity index is 1.46. The largest absolute Gasteiger partial charge is 0.480 e. The lowest BCUT2D eigenvalue weighted by molar-refractivity contribution is -0.138. The number of fused-ring (bicyclic) bond motifs is 4. The van der Waals surface area contributed by atoms with Gasteiger partial charge in [0.25, 0.3) is 11.8 Å². The van der Waals surface area contributed by atoms with Gasteiger partial charge in [0.15, 0.2) is 0 Å². The molecule has 3 atom stereocenters. The predicted octanol–water partition coefficient (Wildman–Crippen LogP) is 4.16. The number of H-pyrrole nitrogens is 1. The van der Waals surface area contributed by atoms with Crippen LogP contribution in [0.5, 0.6) is 0 Å². The van der Waals surface area contributed by atoms with Crippen molar-refractivity contribution < 1.29 is 24.3 Å². The van der Waals surface area contributed by atoms with Gasteiger partial charge in [0, 0.05) is 23.0 Å². The quantitative estimate of drug-likeness (QED) is 0.340. The molecular formula is C30H26N4O5. The second-order valence-corrected chi connectivity index (χ2v) is 10.0. The molecule has 9 heteroatoms. The van der Waals surface area contributed by atoms with Crippen molar-refractivity contribution in [3.8, 4) is 0 Å². The Hall–Kier alpha value is -4.92. The number of carbonyl (C=O) groups is 4. The molecule has 3 N–H and O–H groups in total. The Kier molecular flexibility index (Phi) is 5.71. The third-order valence-electron chi connectivity index (χ3n) is 7.55. The fraction of sp³-hybridized carbons (Fsp3) is 0.200. The van der Waals surface area contributed by atoms with Crippen molar-refractivity contribution in [3.63, 3.8) is 0 Å². The summed E-state index contributed by atoms with van der Waals surface area (Å²) < 4.78 is 0. The number of carbonyl (C=O) groups excluding carboxylic acids is 3. The summed E-state index contributed by atoms with van der Waals surface area (Å²) in [5, 5.41) is 12.7. The summed E-state index contributed by atoms with van der Waals surface area (Å²) in [5.41, 5.74) is 4.89. The summed E-state index contributed by atoms with van der Waals surface area (Å²) in [4.78, 5) is 58.6. The van der Waals surface area contributed by atoms with Crippen molar-refractivity contribution in [2.75, 3.05) is 4.90 Å². The topological polar surface area (TPSA) is 123 Å². The number of carboxylic acids is 1. The van der Waals surface area contributed by atoms with E-state index in [-0.39, 0.29) is 11.3 Å². The van der Waals surface area contributed by atoms with Crippen LogP contribution in [0.25, 0.3) is 10.9 Å². The monoisotopic (exact) mass is 522 g/mol. The van der Waals surface area contributed by atoms with Gasteiger partial charge >= 0.3 is 12.0 Å². The number of nitrogens with one attached hydrogen (secondary N) is 2. The number of carboxylic acid groups (broad SMARTS) is 1. The van der Waals surface area contributed by atoms with E-state index >= 15 is 0 Å². The second-order valence-electron chi connectivity index (χ2n) is 10.0. The number of para-hydroxylation sites is 2. The van der Waals surface area contributed by atoms with Crippen LogP contribution in [-0.2, 0) is 16.0 Å². The summed E-state index contributed by atoms with van der Waals surface area (Å²) in [6, 6.07) is 19.0. The molecule has 1 fully saturated rings. The number of nitrogens with zero attached hydrogens (tertiary/aromatic N) is 2. The van der Waals surface area contributed by atoms with Gasteiger partial charge in [0.05, 0.1) is 11.3 Å². The molecule has 1 aromatic heterocycles. The molecule has 6 rings (SSSR count). The lowest BCUT2D eigenvalue weighted by Crippen LogP contribution is -2.44. The zero-order chi connectivity index (χ0) is 27.4. The maximum Gasteiger partial charge on any atom is 0.332 e. The smallest absolute Gasteiger partial charge is 0.332 e. The number of aromatic amines is 1. The van der Waals surface area contributed by atoms with Crippen LogP contribution >= 0.6 is 0 Å². The summed E-state index contributed by atoms with van der Waals surface area (Å²) >= 11 is 0. The average molecular weight is 523 g/mol. The highest BCUT2D eigenvalue weighted by molar-refractivity contribution is 6.24. The number of aliphatic carboxylic acids is 1. The maximum atomic E-state index is 14.1. The minimum Gasteiger partial charge on any atom is -0.480 e. The van der Waals surface area contributed by atoms with Crippen LogP contribution in [0, 0.1) is 6.92 Å². The Morgan fingerprint density at radius 3 is 2.44 bits per heavy atom. The molecule has 39 heavy (non-hydrogen) atoms. The molecule has 0 spiro atoms. The molecule has 4 aromatic rings. The first-order valence-electron chi connectivity index (χ1n) is 12.7. The lowest BCUT2D eigenvalue weighted by Gasteiger charge is -2.36. The van der Waals surface area contributed by atoms with E-state index in [1.54, 1.807) is 17.0 Å². The number of aryl methyl sites for hydroxylation is 1. The van der Waals surface area contributed by atoms with E-state index in [9.17, 15) is 24.3 Å². The molecule has 2 aliphatic rings. The molecular weight excluding hydrogens is 496 g/mol. The van der Waals surface area contributed by atoms with Crippen molar-refractivity contribution in [2.45, 2.75) is 38.4 Å². The molecule has 9 nitrogen and oxygen atoms in total. The maximum absolute atomic E-state index is 14.1. The Bertz CT molecular complexity index is 1660. The first kappa shape index (κ1) is 24.4. The van der Waals surface area contributed by atoms with Crippen molar-refractivity contribution in [3.05, 3.63) is 101 Å². The fourth-order valence-electron chi connectivity index (χ4n) is 5.59. The van der Waals surface area contributed by atoms with Gasteiger partial charge in [-0.1, -0.05) is 60.2 Å².